The lowest BCUT2D eigenvalue weighted by Crippen LogP contribution is -2.27. The quantitative estimate of drug-likeness (QED) is 0.826. The number of carbonyl (C=O) groups excluding carboxylic acids is 1. The molecule has 2 unspecified atom stereocenters. The molecule has 0 aliphatic carbocycles. The molecule has 1 N–H and O–H groups in total. The number of hydrogen-bond donors (Lipinski definition) is 1. The summed E-state index contributed by atoms with van der Waals surface area (Å²) in [5.74, 6) is 0.642. The van der Waals surface area contributed by atoms with Crippen molar-refractivity contribution in [3.8, 4) is 0 Å². The molecule has 1 aromatic rings. The Morgan fingerprint density at radius 3 is 2.89 bits per heavy atom. The van der Waals surface area contributed by atoms with Gasteiger partial charge in [-0.1, -0.05) is 6.92 Å². The fourth-order valence-corrected chi connectivity index (χ4v) is 2.90. The van der Waals surface area contributed by atoms with Crippen LogP contribution in [0.4, 0.5) is 0 Å². The molecule has 2 heterocycles. The SMILES string of the molecule is CC1CNCC1C(=O)c1c(Br)cnn1CCN(C)C. The van der Waals surface area contributed by atoms with Gasteiger partial charge >= 0.3 is 0 Å². The molecule has 1 aromatic heterocycles. The van der Waals surface area contributed by atoms with Crippen LogP contribution in [0.25, 0.3) is 0 Å². The lowest BCUT2D eigenvalue weighted by atomic mass is 9.92. The maximum Gasteiger partial charge on any atom is 0.186 e. The van der Waals surface area contributed by atoms with Crippen molar-refractivity contribution in [1.29, 1.82) is 0 Å². The second-order valence-corrected chi connectivity index (χ2v) is 6.33. The minimum Gasteiger partial charge on any atom is -0.316 e. The van der Waals surface area contributed by atoms with E-state index in [4.69, 9.17) is 0 Å². The monoisotopic (exact) mass is 328 g/mol. The van der Waals surface area contributed by atoms with Crippen LogP contribution in [0, 0.1) is 11.8 Å². The van der Waals surface area contributed by atoms with Crippen LogP contribution in [0.2, 0.25) is 0 Å². The molecule has 0 spiro atoms. The van der Waals surface area contributed by atoms with Gasteiger partial charge in [0.15, 0.2) is 5.78 Å². The molecule has 106 valence electrons. The van der Waals surface area contributed by atoms with Crippen molar-refractivity contribution in [3.05, 3.63) is 16.4 Å². The molecular formula is C13H21BrN4O. The number of carbonyl (C=O) groups is 1. The lowest BCUT2D eigenvalue weighted by molar-refractivity contribution is 0.0895. The molecule has 2 atom stereocenters. The average molecular weight is 329 g/mol. The summed E-state index contributed by atoms with van der Waals surface area (Å²) in [6.07, 6.45) is 1.72. The maximum absolute atomic E-state index is 12.7. The molecule has 1 fully saturated rings. The fraction of sp³-hybridized carbons (Fsp3) is 0.692. The molecular weight excluding hydrogens is 308 g/mol. The second kappa shape index (κ2) is 6.15. The van der Waals surface area contributed by atoms with Gasteiger partial charge in [-0.15, -0.1) is 0 Å². The van der Waals surface area contributed by atoms with E-state index in [2.05, 4.69) is 38.2 Å². The van der Waals surface area contributed by atoms with Crippen LogP contribution in [0.1, 0.15) is 17.4 Å². The standard InChI is InChI=1S/C13H21BrN4O/c1-9-6-15-7-10(9)13(19)12-11(14)8-16-18(12)5-4-17(2)3/h8-10,15H,4-7H2,1-3H3. The zero-order valence-electron chi connectivity index (χ0n) is 11.7. The minimum absolute atomic E-state index is 0.0612. The van der Waals surface area contributed by atoms with Crippen molar-refractivity contribution in [3.63, 3.8) is 0 Å². The zero-order valence-corrected chi connectivity index (χ0v) is 13.3. The van der Waals surface area contributed by atoms with Gasteiger partial charge in [0.2, 0.25) is 0 Å². The first kappa shape index (κ1) is 14.7. The molecule has 0 saturated carbocycles. The molecule has 1 aliphatic heterocycles. The molecule has 5 nitrogen and oxygen atoms in total. The van der Waals surface area contributed by atoms with Crippen molar-refractivity contribution in [2.24, 2.45) is 11.8 Å². The molecule has 0 bridgehead atoms. The first-order valence-corrected chi connectivity index (χ1v) is 7.41. The Bertz CT molecular complexity index is 457. The van der Waals surface area contributed by atoms with Crippen molar-refractivity contribution in [1.82, 2.24) is 20.0 Å². The summed E-state index contributed by atoms with van der Waals surface area (Å²) in [5, 5.41) is 7.59. The van der Waals surface area contributed by atoms with Crippen LogP contribution in [0.15, 0.2) is 10.7 Å². The summed E-state index contributed by atoms with van der Waals surface area (Å²) >= 11 is 3.45. The van der Waals surface area contributed by atoms with E-state index in [9.17, 15) is 4.79 Å². The van der Waals surface area contributed by atoms with Crippen LogP contribution in [0.3, 0.4) is 0 Å². The third kappa shape index (κ3) is 3.24. The number of hydrogen-bond acceptors (Lipinski definition) is 4. The van der Waals surface area contributed by atoms with Gasteiger partial charge in [-0.2, -0.15) is 5.10 Å². The molecule has 0 amide bonds. The van der Waals surface area contributed by atoms with Gasteiger partial charge in [0, 0.05) is 19.0 Å². The Morgan fingerprint density at radius 2 is 2.32 bits per heavy atom. The summed E-state index contributed by atoms with van der Waals surface area (Å²) in [6.45, 7) is 5.41. The number of likely N-dealkylation sites (N-methyl/N-ethyl adjacent to an activating group) is 1. The highest BCUT2D eigenvalue weighted by atomic mass is 79.9. The van der Waals surface area contributed by atoms with Crippen molar-refractivity contribution >= 4 is 21.7 Å². The fourth-order valence-electron chi connectivity index (χ4n) is 2.41. The van der Waals surface area contributed by atoms with E-state index < -0.39 is 0 Å². The maximum atomic E-state index is 12.7. The Morgan fingerprint density at radius 1 is 1.58 bits per heavy atom. The predicted octanol–water partition coefficient (Wildman–Crippen LogP) is 1.25. The largest absolute Gasteiger partial charge is 0.316 e. The van der Waals surface area contributed by atoms with Crippen LogP contribution < -0.4 is 5.32 Å². The average Bonchev–Trinajstić information content (AvgIpc) is 2.92. The summed E-state index contributed by atoms with van der Waals surface area (Å²) < 4.78 is 2.62. The molecule has 2 rings (SSSR count). The van der Waals surface area contributed by atoms with E-state index >= 15 is 0 Å². The number of ketones is 1. The van der Waals surface area contributed by atoms with Gasteiger partial charge in [-0.05, 0) is 42.5 Å². The first-order chi connectivity index (χ1) is 9.00. The number of rotatable bonds is 5. The van der Waals surface area contributed by atoms with Crippen molar-refractivity contribution in [2.75, 3.05) is 33.7 Å². The highest BCUT2D eigenvalue weighted by Gasteiger charge is 2.33. The third-order valence-electron chi connectivity index (χ3n) is 3.64. The zero-order chi connectivity index (χ0) is 14.0. The van der Waals surface area contributed by atoms with Gasteiger partial charge in [0.25, 0.3) is 0 Å². The summed E-state index contributed by atoms with van der Waals surface area (Å²) in [7, 11) is 4.03. The van der Waals surface area contributed by atoms with E-state index in [1.165, 1.54) is 0 Å². The smallest absolute Gasteiger partial charge is 0.186 e. The number of halogens is 1. The van der Waals surface area contributed by atoms with Gasteiger partial charge in [0.1, 0.15) is 5.69 Å². The molecule has 0 aromatic carbocycles. The lowest BCUT2D eigenvalue weighted by Gasteiger charge is -2.16. The summed E-state index contributed by atoms with van der Waals surface area (Å²) in [5.41, 5.74) is 0.711. The van der Waals surface area contributed by atoms with Gasteiger partial charge < -0.3 is 10.2 Å². The number of Topliss-reactive ketones (excluding diaryl/α,β-unsaturated/α-hetero) is 1. The van der Waals surface area contributed by atoms with Gasteiger partial charge in [-0.3, -0.25) is 9.48 Å². The van der Waals surface area contributed by atoms with E-state index in [0.29, 0.717) is 11.6 Å². The molecule has 1 saturated heterocycles. The predicted molar refractivity (Wildman–Crippen MR) is 78.3 cm³/mol. The van der Waals surface area contributed by atoms with Gasteiger partial charge in [0.05, 0.1) is 17.2 Å². The van der Waals surface area contributed by atoms with E-state index in [1.807, 2.05) is 18.8 Å². The number of aromatic nitrogens is 2. The van der Waals surface area contributed by atoms with Crippen molar-refractivity contribution in [2.45, 2.75) is 13.5 Å². The molecule has 19 heavy (non-hydrogen) atoms. The van der Waals surface area contributed by atoms with E-state index in [-0.39, 0.29) is 11.7 Å². The first-order valence-electron chi connectivity index (χ1n) is 6.61. The number of nitrogens with one attached hydrogen (secondary N) is 1. The molecule has 6 heteroatoms. The van der Waals surface area contributed by atoms with E-state index in [0.717, 1.165) is 30.7 Å². The highest BCUT2D eigenvalue weighted by molar-refractivity contribution is 9.10. The van der Waals surface area contributed by atoms with Gasteiger partial charge in [-0.25, -0.2) is 0 Å². The Kier molecular flexibility index (Phi) is 4.76. The minimum atomic E-state index is 0.0612. The summed E-state index contributed by atoms with van der Waals surface area (Å²) in [6, 6.07) is 0. The summed E-state index contributed by atoms with van der Waals surface area (Å²) in [4.78, 5) is 14.7. The molecule has 1 aliphatic rings. The Labute approximate surface area is 122 Å². The Hall–Kier alpha value is -0.720. The van der Waals surface area contributed by atoms with Crippen LogP contribution >= 0.6 is 15.9 Å². The molecule has 0 radical (unpaired) electrons. The van der Waals surface area contributed by atoms with Crippen LogP contribution in [0.5, 0.6) is 0 Å². The van der Waals surface area contributed by atoms with E-state index in [1.54, 1.807) is 6.20 Å². The highest BCUT2D eigenvalue weighted by Crippen LogP contribution is 2.25. The third-order valence-corrected chi connectivity index (χ3v) is 4.22. The number of nitrogens with zero attached hydrogens (tertiary/aromatic N) is 3. The topological polar surface area (TPSA) is 50.2 Å². The van der Waals surface area contributed by atoms with Crippen LogP contribution in [-0.4, -0.2) is 54.2 Å². The second-order valence-electron chi connectivity index (χ2n) is 5.47. The Balaban J connectivity index is 2.18. The normalized spacial score (nSPS) is 23.2. The van der Waals surface area contributed by atoms with Crippen LogP contribution in [-0.2, 0) is 6.54 Å². The van der Waals surface area contributed by atoms with Crippen molar-refractivity contribution < 1.29 is 4.79 Å².